The summed E-state index contributed by atoms with van der Waals surface area (Å²) >= 11 is 11.9. The molecule has 0 aromatic heterocycles. The Hall–Kier alpha value is -1.72. The highest BCUT2D eigenvalue weighted by molar-refractivity contribution is 6.42. The summed E-state index contributed by atoms with van der Waals surface area (Å²) < 4.78 is 5.04. The van der Waals surface area contributed by atoms with E-state index in [1.807, 2.05) is 19.1 Å². The van der Waals surface area contributed by atoms with E-state index < -0.39 is 0 Å². The van der Waals surface area contributed by atoms with Gasteiger partial charge >= 0.3 is 0 Å². The minimum atomic E-state index is -0.340. The molecule has 1 N–H and O–H groups in total. The number of rotatable bonds is 7. The Morgan fingerprint density at radius 2 is 2.08 bits per heavy atom. The molecule has 0 aliphatic carbocycles. The van der Waals surface area contributed by atoms with E-state index in [-0.39, 0.29) is 24.1 Å². The number of nitrogens with one attached hydrogen (secondary N) is 1. The van der Waals surface area contributed by atoms with Crippen molar-refractivity contribution in [3.05, 3.63) is 45.1 Å². The summed E-state index contributed by atoms with van der Waals surface area (Å²) in [5, 5.41) is 3.67. The van der Waals surface area contributed by atoms with Crippen LogP contribution in [0.15, 0.2) is 29.5 Å². The van der Waals surface area contributed by atoms with Crippen LogP contribution in [0.3, 0.4) is 0 Å². The molecule has 1 aromatic rings. The molecule has 0 saturated carbocycles. The lowest BCUT2D eigenvalue weighted by atomic mass is 10.1. The Morgan fingerprint density at radius 3 is 2.71 bits per heavy atom. The predicted molar refractivity (Wildman–Crippen MR) is 94.1 cm³/mol. The average Bonchev–Trinajstić information content (AvgIpc) is 2.95. The maximum Gasteiger partial charge on any atom is 0.287 e. The minimum absolute atomic E-state index is 0.114. The molecule has 0 saturated heterocycles. The fourth-order valence-corrected chi connectivity index (χ4v) is 2.94. The van der Waals surface area contributed by atoms with Gasteiger partial charge in [-0.05, 0) is 37.5 Å². The lowest BCUT2D eigenvalue weighted by Crippen LogP contribution is -2.34. The molecule has 7 heteroatoms. The van der Waals surface area contributed by atoms with Crippen molar-refractivity contribution in [1.82, 2.24) is 10.2 Å². The largest absolute Gasteiger partial charge is 0.491 e. The van der Waals surface area contributed by atoms with Crippen LogP contribution in [0.25, 0.3) is 0 Å². The summed E-state index contributed by atoms with van der Waals surface area (Å²) in [4.78, 5) is 25.9. The Kier molecular flexibility index (Phi) is 6.52. The molecule has 2 amide bonds. The van der Waals surface area contributed by atoms with E-state index in [1.54, 1.807) is 11.0 Å². The Bertz CT molecular complexity index is 674. The Morgan fingerprint density at radius 1 is 1.33 bits per heavy atom. The quantitative estimate of drug-likeness (QED) is 0.802. The maximum atomic E-state index is 12.6. The number of amides is 2. The molecule has 5 nitrogen and oxygen atoms in total. The lowest BCUT2D eigenvalue weighted by molar-refractivity contribution is -0.127. The van der Waals surface area contributed by atoms with Crippen molar-refractivity contribution >= 4 is 35.0 Å². The van der Waals surface area contributed by atoms with E-state index in [1.165, 1.54) is 7.11 Å². The van der Waals surface area contributed by atoms with Gasteiger partial charge < -0.3 is 15.0 Å². The summed E-state index contributed by atoms with van der Waals surface area (Å²) in [6, 6.07) is 5.54. The third-order valence-corrected chi connectivity index (χ3v) is 4.65. The normalized spacial score (nSPS) is 13.9. The second kappa shape index (κ2) is 8.40. The van der Waals surface area contributed by atoms with Crippen LogP contribution in [-0.2, 0) is 20.7 Å². The second-order valence-corrected chi connectivity index (χ2v) is 6.25. The molecule has 0 unspecified atom stereocenters. The molecule has 1 aromatic carbocycles. The first-order chi connectivity index (χ1) is 11.5. The molecule has 0 atom stereocenters. The van der Waals surface area contributed by atoms with Crippen molar-refractivity contribution < 1.29 is 14.3 Å². The van der Waals surface area contributed by atoms with Gasteiger partial charge in [0, 0.05) is 13.1 Å². The van der Waals surface area contributed by atoms with E-state index >= 15 is 0 Å². The van der Waals surface area contributed by atoms with Gasteiger partial charge in [0.15, 0.2) is 5.76 Å². The van der Waals surface area contributed by atoms with Gasteiger partial charge in [0.2, 0.25) is 0 Å². The van der Waals surface area contributed by atoms with Crippen LogP contribution in [-0.4, -0.2) is 43.5 Å². The van der Waals surface area contributed by atoms with Gasteiger partial charge in [0.05, 0.1) is 29.3 Å². The number of benzene rings is 1. The van der Waals surface area contributed by atoms with Crippen LogP contribution in [0.4, 0.5) is 0 Å². The van der Waals surface area contributed by atoms with E-state index in [0.29, 0.717) is 28.7 Å². The number of ether oxygens (including phenoxy) is 1. The topological polar surface area (TPSA) is 58.6 Å². The summed E-state index contributed by atoms with van der Waals surface area (Å²) in [6.45, 7) is 3.28. The first kappa shape index (κ1) is 18.6. The number of halogens is 2. The molecule has 24 heavy (non-hydrogen) atoms. The van der Waals surface area contributed by atoms with Crippen LogP contribution in [0.1, 0.15) is 18.9 Å². The van der Waals surface area contributed by atoms with E-state index in [0.717, 1.165) is 18.4 Å². The van der Waals surface area contributed by atoms with Gasteiger partial charge in [-0.15, -0.1) is 0 Å². The van der Waals surface area contributed by atoms with Crippen LogP contribution in [0.2, 0.25) is 10.0 Å². The Labute approximate surface area is 151 Å². The van der Waals surface area contributed by atoms with Gasteiger partial charge in [0.1, 0.15) is 0 Å². The molecule has 1 heterocycles. The number of carbonyl (C=O) groups is 2. The molecule has 1 aliphatic rings. The molecule has 130 valence electrons. The molecule has 0 spiro atoms. The zero-order valence-electron chi connectivity index (χ0n) is 13.7. The zero-order chi connectivity index (χ0) is 17.7. The van der Waals surface area contributed by atoms with Gasteiger partial charge in [-0.25, -0.2) is 0 Å². The van der Waals surface area contributed by atoms with Gasteiger partial charge in [-0.1, -0.05) is 29.3 Å². The number of hydrogen-bond acceptors (Lipinski definition) is 3. The fraction of sp³-hybridized carbons (Fsp3) is 0.412. The van der Waals surface area contributed by atoms with Gasteiger partial charge in [0.25, 0.3) is 11.8 Å². The standard InChI is InChI=1S/C17H20Cl2N2O3/c1-3-21(17(23)12-10-20-16(22)15(12)24-2)8-4-5-11-6-7-13(18)14(19)9-11/h6-7,9H,3-5,8,10H2,1-2H3,(H,20,22). The van der Waals surface area contributed by atoms with Crippen LogP contribution in [0, 0.1) is 0 Å². The number of likely N-dealkylation sites (N-methyl/N-ethyl adjacent to an activating group) is 1. The number of hydrogen-bond donors (Lipinski definition) is 1. The van der Waals surface area contributed by atoms with Crippen LogP contribution in [0.5, 0.6) is 0 Å². The minimum Gasteiger partial charge on any atom is -0.491 e. The molecule has 1 aliphatic heterocycles. The third-order valence-electron chi connectivity index (χ3n) is 3.91. The highest BCUT2D eigenvalue weighted by Crippen LogP contribution is 2.23. The first-order valence-electron chi connectivity index (χ1n) is 7.76. The van der Waals surface area contributed by atoms with Crippen molar-refractivity contribution in [2.45, 2.75) is 19.8 Å². The fourth-order valence-electron chi connectivity index (χ4n) is 2.62. The first-order valence-corrected chi connectivity index (χ1v) is 8.52. The molecule has 0 radical (unpaired) electrons. The number of nitrogens with zero attached hydrogens (tertiary/aromatic N) is 1. The van der Waals surface area contributed by atoms with Gasteiger partial charge in [-0.2, -0.15) is 0 Å². The summed E-state index contributed by atoms with van der Waals surface area (Å²) in [6.07, 6.45) is 1.57. The second-order valence-electron chi connectivity index (χ2n) is 5.43. The van der Waals surface area contributed by atoms with E-state index in [2.05, 4.69) is 5.32 Å². The Balaban J connectivity index is 1.97. The molecule has 2 rings (SSSR count). The van der Waals surface area contributed by atoms with Gasteiger partial charge in [-0.3, -0.25) is 9.59 Å². The molecular weight excluding hydrogens is 351 g/mol. The number of carbonyl (C=O) groups excluding carboxylic acids is 2. The SMILES string of the molecule is CCN(CCCc1ccc(Cl)c(Cl)c1)C(=O)C1=C(OC)C(=O)NC1. The highest BCUT2D eigenvalue weighted by atomic mass is 35.5. The van der Waals surface area contributed by atoms with Crippen LogP contribution < -0.4 is 5.32 Å². The van der Waals surface area contributed by atoms with E-state index in [9.17, 15) is 9.59 Å². The van der Waals surface area contributed by atoms with Crippen molar-refractivity contribution in [3.63, 3.8) is 0 Å². The highest BCUT2D eigenvalue weighted by Gasteiger charge is 2.30. The van der Waals surface area contributed by atoms with E-state index in [4.69, 9.17) is 27.9 Å². The van der Waals surface area contributed by atoms with Crippen molar-refractivity contribution in [2.75, 3.05) is 26.7 Å². The zero-order valence-corrected chi connectivity index (χ0v) is 15.2. The summed E-state index contributed by atoms with van der Waals surface area (Å²) in [5.74, 6) is -0.391. The summed E-state index contributed by atoms with van der Waals surface area (Å²) in [7, 11) is 1.40. The smallest absolute Gasteiger partial charge is 0.287 e. The average molecular weight is 371 g/mol. The number of aryl methyl sites for hydroxylation is 1. The molecular formula is C17H20Cl2N2O3. The molecule has 0 fully saturated rings. The van der Waals surface area contributed by atoms with Crippen molar-refractivity contribution in [1.29, 1.82) is 0 Å². The number of methoxy groups -OCH3 is 1. The van der Waals surface area contributed by atoms with Crippen molar-refractivity contribution in [2.24, 2.45) is 0 Å². The summed E-state index contributed by atoms with van der Waals surface area (Å²) in [5.41, 5.74) is 1.46. The monoisotopic (exact) mass is 370 g/mol. The van der Waals surface area contributed by atoms with Crippen LogP contribution >= 0.6 is 23.2 Å². The van der Waals surface area contributed by atoms with Crippen molar-refractivity contribution in [3.8, 4) is 0 Å². The maximum absolute atomic E-state index is 12.6. The lowest BCUT2D eigenvalue weighted by Gasteiger charge is -2.21. The third kappa shape index (κ3) is 4.22. The predicted octanol–water partition coefficient (Wildman–Crippen LogP) is 2.80. The molecule has 0 bridgehead atoms.